The first-order valence-corrected chi connectivity index (χ1v) is 5.37. The summed E-state index contributed by atoms with van der Waals surface area (Å²) < 4.78 is 8.01. The van der Waals surface area contributed by atoms with Crippen LogP contribution in [0.5, 0.6) is 0 Å². The van der Waals surface area contributed by atoms with Crippen molar-refractivity contribution >= 4 is 16.5 Å². The fourth-order valence-electron chi connectivity index (χ4n) is 0.484. The number of hydrogen-bond donors (Lipinski definition) is 0. The standard InChI is InChI=1S/C9H20NO.Al.2H/c1-8(2,3)10-7-11-9(4,5)6;;;/h7H2,1-6H3;;;/q-1;+1;;. The summed E-state index contributed by atoms with van der Waals surface area (Å²) in [6.07, 6.45) is 0. The van der Waals surface area contributed by atoms with E-state index >= 15 is 0 Å². The van der Waals surface area contributed by atoms with Crippen molar-refractivity contribution in [3.05, 3.63) is 0 Å². The van der Waals surface area contributed by atoms with Crippen LogP contribution in [-0.4, -0.2) is 38.3 Å². The maximum Gasteiger partial charge on any atom is 0.325 e. The van der Waals surface area contributed by atoms with Crippen LogP contribution < -0.4 is 0 Å². The van der Waals surface area contributed by atoms with Gasteiger partial charge in [-0.3, -0.25) is 0 Å². The van der Waals surface area contributed by atoms with Gasteiger partial charge in [-0.05, 0) is 47.1 Å². The highest BCUT2D eigenvalue weighted by atomic mass is 27.1. The molecule has 0 radical (unpaired) electrons. The zero-order valence-electron chi connectivity index (χ0n) is 9.56. The van der Waals surface area contributed by atoms with Crippen LogP contribution in [0.1, 0.15) is 41.5 Å². The third-order valence-electron chi connectivity index (χ3n) is 1.84. The van der Waals surface area contributed by atoms with Crippen molar-refractivity contribution in [2.75, 3.05) is 6.73 Å². The van der Waals surface area contributed by atoms with Gasteiger partial charge < -0.3 is 8.62 Å². The lowest BCUT2D eigenvalue weighted by Crippen LogP contribution is -2.42. The van der Waals surface area contributed by atoms with Crippen LogP contribution in [0.3, 0.4) is 0 Å². The summed E-state index contributed by atoms with van der Waals surface area (Å²) in [7, 11) is 0. The molecule has 0 aromatic carbocycles. The molecule has 0 fully saturated rings. The average Bonchev–Trinajstić information content (AvgIpc) is 1.78. The van der Waals surface area contributed by atoms with Gasteiger partial charge in [0.1, 0.15) is 0 Å². The second kappa shape index (κ2) is 4.11. The van der Waals surface area contributed by atoms with Crippen molar-refractivity contribution in [1.82, 2.24) is 3.88 Å². The molecule has 0 bridgehead atoms. The van der Waals surface area contributed by atoms with Gasteiger partial charge >= 0.3 is 16.5 Å². The smallest absolute Gasteiger partial charge is 0.325 e. The van der Waals surface area contributed by atoms with Gasteiger partial charge in [-0.2, -0.15) is 0 Å². The Kier molecular flexibility index (Phi) is 4.26. The topological polar surface area (TPSA) is 12.5 Å². The van der Waals surface area contributed by atoms with Crippen LogP contribution in [0.2, 0.25) is 0 Å². The Bertz CT molecular complexity index is 134. The van der Waals surface area contributed by atoms with E-state index in [-0.39, 0.29) is 11.1 Å². The molecule has 0 unspecified atom stereocenters. The van der Waals surface area contributed by atoms with Crippen molar-refractivity contribution in [3.63, 3.8) is 0 Å². The first-order valence-electron chi connectivity index (χ1n) is 4.48. The van der Waals surface area contributed by atoms with E-state index in [0.717, 1.165) is 23.2 Å². The maximum atomic E-state index is 5.68. The molecule has 0 aliphatic carbocycles. The number of rotatable bonds is 2. The summed E-state index contributed by atoms with van der Waals surface area (Å²) in [5.74, 6) is 0. The summed E-state index contributed by atoms with van der Waals surface area (Å²) in [6, 6.07) is 0. The molecule has 0 atom stereocenters. The van der Waals surface area contributed by atoms with Gasteiger partial charge in [-0.15, -0.1) is 0 Å². The van der Waals surface area contributed by atoms with Gasteiger partial charge in [0.15, 0.2) is 0 Å². The van der Waals surface area contributed by atoms with E-state index in [9.17, 15) is 0 Å². The minimum Gasteiger partial charge on any atom is -0.365 e. The zero-order valence-corrected chi connectivity index (χ0v) is 11.6. The molecule has 0 aliphatic rings. The first-order chi connectivity index (χ1) is 5.13. The lowest BCUT2D eigenvalue weighted by Gasteiger charge is -2.35. The molecule has 0 aromatic rings. The Morgan fingerprint density at radius 1 is 1.08 bits per heavy atom. The summed E-state index contributed by atoms with van der Waals surface area (Å²) in [5.41, 5.74) is 0.228. The normalized spacial score (nSPS) is 13.9. The monoisotopic (exact) mass is 187 g/mol. The largest absolute Gasteiger partial charge is 0.365 e. The van der Waals surface area contributed by atoms with E-state index in [1.807, 2.05) is 0 Å². The van der Waals surface area contributed by atoms with Crippen molar-refractivity contribution in [2.45, 2.75) is 52.7 Å². The molecule has 0 heterocycles. The Morgan fingerprint density at radius 2 is 1.50 bits per heavy atom. The molecule has 0 amide bonds. The SMILES string of the molecule is CC(C)(C)OC[N]([AlH2])C(C)(C)C. The van der Waals surface area contributed by atoms with Crippen molar-refractivity contribution in [1.29, 1.82) is 0 Å². The number of hydrogen-bond acceptors (Lipinski definition) is 2. The van der Waals surface area contributed by atoms with Crippen LogP contribution in [0.25, 0.3) is 0 Å². The van der Waals surface area contributed by atoms with Gasteiger partial charge in [0.2, 0.25) is 0 Å². The van der Waals surface area contributed by atoms with Crippen molar-refractivity contribution in [3.8, 4) is 0 Å². The Morgan fingerprint density at radius 3 is 1.75 bits per heavy atom. The average molecular weight is 187 g/mol. The zero-order chi connectivity index (χ0) is 9.99. The number of nitrogens with zero attached hydrogens (tertiary/aromatic N) is 1. The lowest BCUT2D eigenvalue weighted by atomic mass is 10.1. The van der Waals surface area contributed by atoms with Crippen molar-refractivity contribution in [2.24, 2.45) is 0 Å². The maximum absolute atomic E-state index is 5.68. The third kappa shape index (κ3) is 6.02. The van der Waals surface area contributed by atoms with Gasteiger partial charge in [-0.1, -0.05) is 0 Å². The van der Waals surface area contributed by atoms with E-state index in [2.05, 4.69) is 45.4 Å². The quantitative estimate of drug-likeness (QED) is 0.478. The highest BCUT2D eigenvalue weighted by Crippen LogP contribution is 2.13. The Hall–Kier alpha value is 0.452. The molecule has 0 saturated carbocycles. The summed E-state index contributed by atoms with van der Waals surface area (Å²) in [6.45, 7) is 13.7. The fraction of sp³-hybridized carbons (Fsp3) is 1.00. The van der Waals surface area contributed by atoms with Crippen LogP contribution in [0.4, 0.5) is 0 Å². The van der Waals surface area contributed by atoms with E-state index < -0.39 is 0 Å². The van der Waals surface area contributed by atoms with E-state index in [4.69, 9.17) is 4.74 Å². The highest BCUT2D eigenvalue weighted by Gasteiger charge is 2.18. The van der Waals surface area contributed by atoms with Crippen LogP contribution in [0, 0.1) is 0 Å². The van der Waals surface area contributed by atoms with Gasteiger partial charge in [-0.25, -0.2) is 0 Å². The van der Waals surface area contributed by atoms with E-state index in [0.29, 0.717) is 0 Å². The summed E-state index contributed by atoms with van der Waals surface area (Å²) >= 11 is 1.05. The predicted octanol–water partition coefficient (Wildman–Crippen LogP) is 1.41. The second-order valence-electron chi connectivity index (χ2n) is 5.25. The molecule has 0 rings (SSSR count). The molecule has 0 spiro atoms. The highest BCUT2D eigenvalue weighted by molar-refractivity contribution is 6.04. The predicted molar refractivity (Wildman–Crippen MR) is 55.8 cm³/mol. The molecule has 0 saturated heterocycles. The fourth-order valence-corrected chi connectivity index (χ4v) is 0.613. The third-order valence-corrected chi connectivity index (χ3v) is 3.44. The molecule has 12 heavy (non-hydrogen) atoms. The van der Waals surface area contributed by atoms with E-state index in [1.165, 1.54) is 0 Å². The van der Waals surface area contributed by atoms with Crippen LogP contribution in [-0.2, 0) is 4.74 Å². The van der Waals surface area contributed by atoms with Crippen LogP contribution >= 0.6 is 0 Å². The Balaban J connectivity index is 3.80. The minimum atomic E-state index is -0.0199. The van der Waals surface area contributed by atoms with Crippen LogP contribution in [0.15, 0.2) is 0 Å². The van der Waals surface area contributed by atoms with Gasteiger partial charge in [0.25, 0.3) is 0 Å². The van der Waals surface area contributed by atoms with Gasteiger partial charge in [0, 0.05) is 0 Å². The molecular weight excluding hydrogens is 165 g/mol. The second-order valence-corrected chi connectivity index (χ2v) is 6.33. The molecule has 0 N–H and O–H groups in total. The van der Waals surface area contributed by atoms with Gasteiger partial charge in [0.05, 0.1) is 12.3 Å². The van der Waals surface area contributed by atoms with Crippen molar-refractivity contribution < 1.29 is 4.74 Å². The molecule has 0 aliphatic heterocycles. The summed E-state index contributed by atoms with van der Waals surface area (Å²) in [5, 5.41) is 0. The molecule has 3 heteroatoms. The molecule has 0 aromatic heterocycles. The molecular formula is C9H22AlNO. The Labute approximate surface area is 84.9 Å². The van der Waals surface area contributed by atoms with E-state index in [1.54, 1.807) is 0 Å². The lowest BCUT2D eigenvalue weighted by molar-refractivity contribution is -0.0563. The minimum absolute atomic E-state index is 0.0199. The molecule has 2 nitrogen and oxygen atoms in total. The summed E-state index contributed by atoms with van der Waals surface area (Å²) in [4.78, 5) is 0. The first kappa shape index (κ1) is 12.5. The number of ether oxygens (including phenoxy) is 1. The molecule has 72 valence electrons.